The minimum Gasteiger partial charge on any atom is -0.299 e. The molecule has 0 aliphatic heterocycles. The Balaban J connectivity index is 3.33. The zero-order chi connectivity index (χ0) is 19.5. The normalized spacial score (nSPS) is 14.2. The van der Waals surface area contributed by atoms with E-state index in [1.165, 1.54) is 0 Å². The van der Waals surface area contributed by atoms with Crippen molar-refractivity contribution >= 4 is 26.7 Å². The topological polar surface area (TPSA) is 34.1 Å². The highest BCUT2D eigenvalue weighted by Crippen LogP contribution is 2.47. The van der Waals surface area contributed by atoms with Crippen LogP contribution in [0.3, 0.4) is 0 Å². The first kappa shape index (κ1) is 22.0. The van der Waals surface area contributed by atoms with Crippen molar-refractivity contribution in [2.24, 2.45) is 5.92 Å². The number of hydrogen-bond acceptors (Lipinski definition) is 2. The minimum atomic E-state index is -1.73. The maximum Gasteiger partial charge on any atom is 0.172 e. The highest BCUT2D eigenvalue weighted by atomic mass is 29.3. The quantitative estimate of drug-likeness (QED) is 0.310. The molecular weight excluding hydrogens is 340 g/mol. The van der Waals surface area contributed by atoms with Gasteiger partial charge in [-0.15, -0.1) is 0 Å². The SMILES string of the molecule is CC[Si](CC)(CC(C(C)=O)C(=O)c1ccccc1)[Si](C)(C)C(C)(C)C. The van der Waals surface area contributed by atoms with E-state index >= 15 is 0 Å². The fourth-order valence-electron chi connectivity index (χ4n) is 4.09. The number of ketones is 2. The van der Waals surface area contributed by atoms with E-state index in [2.05, 4.69) is 47.7 Å². The summed E-state index contributed by atoms with van der Waals surface area (Å²) >= 11 is 0. The molecule has 0 fully saturated rings. The van der Waals surface area contributed by atoms with E-state index in [-0.39, 0.29) is 16.6 Å². The van der Waals surface area contributed by atoms with Crippen molar-refractivity contribution < 1.29 is 9.59 Å². The smallest absolute Gasteiger partial charge is 0.172 e. The van der Waals surface area contributed by atoms with Crippen molar-refractivity contribution in [2.75, 3.05) is 0 Å². The van der Waals surface area contributed by atoms with Gasteiger partial charge in [-0.25, -0.2) is 0 Å². The second-order valence-electron chi connectivity index (χ2n) is 8.96. The summed E-state index contributed by atoms with van der Waals surface area (Å²) in [5.41, 5.74) is 0.674. The maximum absolute atomic E-state index is 13.1. The first-order valence-electron chi connectivity index (χ1n) is 9.53. The third-order valence-electron chi connectivity index (χ3n) is 7.01. The Morgan fingerprint density at radius 1 is 1.00 bits per heavy atom. The molecule has 0 radical (unpaired) electrons. The summed E-state index contributed by atoms with van der Waals surface area (Å²) in [5, 5.41) is 0.280. The van der Waals surface area contributed by atoms with Gasteiger partial charge in [-0.2, -0.15) is 0 Å². The number of benzene rings is 1. The second kappa shape index (κ2) is 8.13. The summed E-state index contributed by atoms with van der Waals surface area (Å²) in [6.07, 6.45) is 0. The summed E-state index contributed by atoms with van der Waals surface area (Å²) in [6.45, 7) is 18.2. The Bertz CT molecular complexity index is 596. The molecule has 1 aromatic carbocycles. The average molecular weight is 377 g/mol. The molecule has 0 heterocycles. The summed E-state index contributed by atoms with van der Waals surface area (Å²) in [5.74, 6) is -0.417. The molecule has 1 atom stereocenters. The number of carbonyl (C=O) groups excluding carboxylic acids is 2. The lowest BCUT2D eigenvalue weighted by Gasteiger charge is -2.52. The molecule has 0 bridgehead atoms. The van der Waals surface area contributed by atoms with Gasteiger partial charge >= 0.3 is 0 Å². The van der Waals surface area contributed by atoms with Crippen LogP contribution in [0.1, 0.15) is 51.9 Å². The average Bonchev–Trinajstić information content (AvgIpc) is 2.55. The number of carbonyl (C=O) groups is 2. The molecule has 0 N–H and O–H groups in total. The molecule has 0 saturated carbocycles. The number of hydrogen-bond donors (Lipinski definition) is 0. The lowest BCUT2D eigenvalue weighted by Crippen LogP contribution is -2.64. The molecule has 0 amide bonds. The van der Waals surface area contributed by atoms with Crippen LogP contribution in [0.25, 0.3) is 0 Å². The van der Waals surface area contributed by atoms with Crippen LogP contribution in [-0.2, 0) is 4.79 Å². The van der Waals surface area contributed by atoms with E-state index in [1.807, 2.05) is 30.3 Å². The van der Waals surface area contributed by atoms with Crippen LogP contribution < -0.4 is 0 Å². The van der Waals surface area contributed by atoms with Crippen molar-refractivity contribution in [2.45, 2.75) is 77.8 Å². The monoisotopic (exact) mass is 376 g/mol. The fourth-order valence-corrected chi connectivity index (χ4v) is 22.5. The Morgan fingerprint density at radius 3 is 1.84 bits per heavy atom. The van der Waals surface area contributed by atoms with Crippen LogP contribution >= 0.6 is 0 Å². The van der Waals surface area contributed by atoms with Crippen LogP contribution in [0.4, 0.5) is 0 Å². The van der Waals surface area contributed by atoms with E-state index in [4.69, 9.17) is 0 Å². The summed E-state index contributed by atoms with van der Waals surface area (Å²) in [4.78, 5) is 25.6. The molecule has 0 aromatic heterocycles. The molecule has 1 unspecified atom stereocenters. The van der Waals surface area contributed by atoms with Crippen LogP contribution in [0.15, 0.2) is 30.3 Å². The minimum absolute atomic E-state index is 0.0191. The van der Waals surface area contributed by atoms with Crippen LogP contribution in [0.5, 0.6) is 0 Å². The van der Waals surface area contributed by atoms with Gasteiger partial charge in [-0.05, 0) is 18.0 Å². The van der Waals surface area contributed by atoms with Gasteiger partial charge in [0.2, 0.25) is 0 Å². The van der Waals surface area contributed by atoms with Gasteiger partial charge in [0.05, 0.1) is 5.92 Å². The molecule has 0 aliphatic rings. The van der Waals surface area contributed by atoms with Gasteiger partial charge in [0.15, 0.2) is 5.78 Å². The largest absolute Gasteiger partial charge is 0.299 e. The van der Waals surface area contributed by atoms with Crippen LogP contribution in [0.2, 0.25) is 36.3 Å². The van der Waals surface area contributed by atoms with Gasteiger partial charge in [-0.1, -0.05) is 90.1 Å². The summed E-state index contributed by atoms with van der Waals surface area (Å²) in [6, 6.07) is 12.5. The highest BCUT2D eigenvalue weighted by Gasteiger charge is 2.53. The molecule has 0 saturated heterocycles. The van der Waals surface area contributed by atoms with Crippen molar-refractivity contribution in [3.8, 4) is 0 Å². The van der Waals surface area contributed by atoms with Crippen LogP contribution in [0, 0.1) is 5.92 Å². The van der Waals surface area contributed by atoms with Crippen molar-refractivity contribution in [1.29, 1.82) is 0 Å². The Morgan fingerprint density at radius 2 is 1.48 bits per heavy atom. The molecule has 140 valence electrons. The van der Waals surface area contributed by atoms with E-state index in [0.29, 0.717) is 5.56 Å². The van der Waals surface area contributed by atoms with Gasteiger partial charge < -0.3 is 0 Å². The molecule has 2 nitrogen and oxygen atoms in total. The van der Waals surface area contributed by atoms with Gasteiger partial charge in [0.25, 0.3) is 0 Å². The van der Waals surface area contributed by atoms with Crippen molar-refractivity contribution in [3.05, 3.63) is 35.9 Å². The van der Waals surface area contributed by atoms with Crippen molar-refractivity contribution in [1.82, 2.24) is 0 Å². The third kappa shape index (κ3) is 4.40. The zero-order valence-corrected chi connectivity index (χ0v) is 19.4. The Hall–Kier alpha value is -1.01. The molecular formula is C21H36O2Si2. The third-order valence-corrected chi connectivity index (χ3v) is 30.3. The summed E-state index contributed by atoms with van der Waals surface area (Å²) in [7, 11) is -3.34. The molecule has 25 heavy (non-hydrogen) atoms. The molecule has 0 spiro atoms. The molecule has 1 aromatic rings. The maximum atomic E-state index is 13.1. The number of rotatable bonds is 8. The first-order valence-corrected chi connectivity index (χ1v) is 16.2. The van der Waals surface area contributed by atoms with E-state index in [0.717, 1.165) is 18.1 Å². The van der Waals surface area contributed by atoms with Crippen LogP contribution in [-0.4, -0.2) is 26.7 Å². The Labute approximate surface area is 156 Å². The molecule has 4 heteroatoms. The van der Waals surface area contributed by atoms with Gasteiger partial charge in [-0.3, -0.25) is 9.59 Å². The lowest BCUT2D eigenvalue weighted by atomic mass is 9.96. The standard InChI is InChI=1S/C21H36O2Si2/c1-9-25(10-2,24(7,8)21(4,5)6)16-19(17(3)22)20(23)18-14-12-11-13-15-18/h11-15,19H,9-10,16H2,1-8H3. The van der Waals surface area contributed by atoms with Gasteiger partial charge in [0, 0.05) is 20.7 Å². The zero-order valence-electron chi connectivity index (χ0n) is 17.4. The predicted molar refractivity (Wildman–Crippen MR) is 114 cm³/mol. The molecule has 1 rings (SSSR count). The van der Waals surface area contributed by atoms with E-state index in [1.54, 1.807) is 6.92 Å². The summed E-state index contributed by atoms with van der Waals surface area (Å²) < 4.78 is 0. The van der Waals surface area contributed by atoms with Crippen molar-refractivity contribution in [3.63, 3.8) is 0 Å². The first-order chi connectivity index (χ1) is 11.4. The number of Topliss-reactive ketones (excluding diaryl/α,β-unsaturated/α-hetero) is 2. The Kier molecular flexibility index (Phi) is 7.16. The lowest BCUT2D eigenvalue weighted by molar-refractivity contribution is -0.118. The van der Waals surface area contributed by atoms with Gasteiger partial charge in [0.1, 0.15) is 5.78 Å². The fraction of sp³-hybridized carbons (Fsp3) is 0.619. The second-order valence-corrected chi connectivity index (χ2v) is 25.0. The highest BCUT2D eigenvalue weighted by molar-refractivity contribution is 7.42. The predicted octanol–water partition coefficient (Wildman–Crippen LogP) is 6.15. The van der Waals surface area contributed by atoms with E-state index < -0.39 is 21.1 Å². The van der Waals surface area contributed by atoms with E-state index in [9.17, 15) is 9.59 Å². The molecule has 0 aliphatic carbocycles.